The van der Waals surface area contributed by atoms with Gasteiger partial charge < -0.3 is 14.2 Å². The minimum Gasteiger partial charge on any atom is -0.493 e. The number of carbonyl (C=O) groups is 2. The van der Waals surface area contributed by atoms with Gasteiger partial charge in [-0.15, -0.1) is 0 Å². The molecule has 0 N–H and O–H groups in total. The fourth-order valence-corrected chi connectivity index (χ4v) is 4.56. The van der Waals surface area contributed by atoms with Crippen molar-refractivity contribution >= 4 is 44.7 Å². The number of hydrogen-bond acceptors (Lipinski definition) is 7. The number of aliphatic imine (C=N–C) groups is 1. The Morgan fingerprint density at radius 2 is 2.00 bits per heavy atom. The Labute approximate surface area is 169 Å². The van der Waals surface area contributed by atoms with Gasteiger partial charge in [-0.3, -0.25) is 9.69 Å². The summed E-state index contributed by atoms with van der Waals surface area (Å²) in [5.74, 6) is 0.719. The van der Waals surface area contributed by atoms with E-state index in [1.165, 1.54) is 18.9 Å². The number of rotatable bonds is 5. The standard InChI is InChI=1S/C18H19BrN2O5S/c1-5-26-17(23)15-9(2)20-18-21(14(22)8-27-18)16(15)10-6-12(24-3)13(25-4)7-11(10)19/h6-7,16H,5,8H2,1-4H3. The molecule has 1 aromatic carbocycles. The maximum absolute atomic E-state index is 12.7. The molecule has 1 saturated heterocycles. The highest BCUT2D eigenvalue weighted by atomic mass is 79.9. The normalized spacial score (nSPS) is 19.0. The number of amides is 1. The number of esters is 1. The highest BCUT2D eigenvalue weighted by Crippen LogP contribution is 2.45. The highest BCUT2D eigenvalue weighted by Gasteiger charge is 2.44. The fraction of sp³-hybridized carbons (Fsp3) is 0.389. The van der Waals surface area contributed by atoms with Gasteiger partial charge >= 0.3 is 5.97 Å². The molecule has 144 valence electrons. The molecular weight excluding hydrogens is 436 g/mol. The summed E-state index contributed by atoms with van der Waals surface area (Å²) in [7, 11) is 3.08. The Morgan fingerprint density at radius 1 is 1.33 bits per heavy atom. The number of thioether (sulfide) groups is 1. The average Bonchev–Trinajstić information content (AvgIpc) is 3.01. The van der Waals surface area contributed by atoms with Crippen LogP contribution in [-0.4, -0.2) is 48.5 Å². The molecule has 3 rings (SSSR count). The number of fused-ring (bicyclic) bond motifs is 1. The molecule has 9 heteroatoms. The number of ether oxygens (including phenoxy) is 3. The van der Waals surface area contributed by atoms with Gasteiger partial charge in [0.25, 0.3) is 0 Å². The summed E-state index contributed by atoms with van der Waals surface area (Å²) in [5, 5.41) is 0.581. The van der Waals surface area contributed by atoms with Gasteiger partial charge in [0.15, 0.2) is 16.7 Å². The molecule has 1 atom stereocenters. The number of methoxy groups -OCH3 is 2. The maximum atomic E-state index is 12.7. The van der Waals surface area contributed by atoms with Crippen molar-refractivity contribution in [2.24, 2.45) is 4.99 Å². The minimum atomic E-state index is -0.659. The molecular formula is C18H19BrN2O5S. The number of amidine groups is 1. The predicted octanol–water partition coefficient (Wildman–Crippen LogP) is 3.29. The number of carbonyl (C=O) groups excluding carboxylic acids is 2. The summed E-state index contributed by atoms with van der Waals surface area (Å²) >= 11 is 4.90. The summed E-state index contributed by atoms with van der Waals surface area (Å²) < 4.78 is 16.7. The first-order valence-corrected chi connectivity index (χ1v) is 10.0. The van der Waals surface area contributed by atoms with Crippen molar-refractivity contribution in [3.63, 3.8) is 0 Å². The minimum absolute atomic E-state index is 0.111. The number of benzene rings is 1. The lowest BCUT2D eigenvalue weighted by Gasteiger charge is -2.33. The van der Waals surface area contributed by atoms with Crippen LogP contribution in [0.4, 0.5) is 0 Å². The third kappa shape index (κ3) is 3.45. The molecule has 7 nitrogen and oxygen atoms in total. The molecule has 1 amide bonds. The SMILES string of the molecule is CCOC(=O)C1=C(C)N=C2SCC(=O)N2C1c1cc(OC)c(OC)cc1Br. The zero-order chi connectivity index (χ0) is 19.7. The van der Waals surface area contributed by atoms with Crippen LogP contribution < -0.4 is 9.47 Å². The smallest absolute Gasteiger partial charge is 0.338 e. The lowest BCUT2D eigenvalue weighted by molar-refractivity contribution is -0.139. The predicted molar refractivity (Wildman–Crippen MR) is 106 cm³/mol. The van der Waals surface area contributed by atoms with E-state index in [4.69, 9.17) is 14.2 Å². The van der Waals surface area contributed by atoms with Crippen LogP contribution in [-0.2, 0) is 14.3 Å². The van der Waals surface area contributed by atoms with Crippen molar-refractivity contribution < 1.29 is 23.8 Å². The summed E-state index contributed by atoms with van der Waals surface area (Å²) in [4.78, 5) is 31.3. The van der Waals surface area contributed by atoms with Gasteiger partial charge in [-0.05, 0) is 31.5 Å². The lowest BCUT2D eigenvalue weighted by atomic mass is 9.94. The third-order valence-corrected chi connectivity index (χ3v) is 5.90. The van der Waals surface area contributed by atoms with E-state index in [1.807, 2.05) is 0 Å². The van der Waals surface area contributed by atoms with E-state index >= 15 is 0 Å². The van der Waals surface area contributed by atoms with Crippen LogP contribution in [0.3, 0.4) is 0 Å². The first kappa shape index (κ1) is 19.8. The molecule has 0 spiro atoms. The van der Waals surface area contributed by atoms with Crippen molar-refractivity contribution in [3.05, 3.63) is 33.4 Å². The molecule has 1 unspecified atom stereocenters. The van der Waals surface area contributed by atoms with Crippen molar-refractivity contribution in [2.75, 3.05) is 26.6 Å². The topological polar surface area (TPSA) is 77.4 Å². The first-order valence-electron chi connectivity index (χ1n) is 8.25. The monoisotopic (exact) mass is 454 g/mol. The lowest BCUT2D eigenvalue weighted by Crippen LogP contribution is -2.39. The van der Waals surface area contributed by atoms with Crippen LogP contribution in [0, 0.1) is 0 Å². The summed E-state index contributed by atoms with van der Waals surface area (Å²) in [6.07, 6.45) is 0. The first-order chi connectivity index (χ1) is 12.9. The molecule has 2 heterocycles. The Morgan fingerprint density at radius 3 is 2.63 bits per heavy atom. The maximum Gasteiger partial charge on any atom is 0.338 e. The van der Waals surface area contributed by atoms with Crippen LogP contribution in [0.5, 0.6) is 11.5 Å². The summed E-state index contributed by atoms with van der Waals surface area (Å²) in [5.41, 5.74) is 1.57. The van der Waals surface area contributed by atoms with Gasteiger partial charge in [0.05, 0.1) is 43.9 Å². The number of nitrogens with zero attached hydrogens (tertiary/aromatic N) is 2. The second-order valence-electron chi connectivity index (χ2n) is 5.80. The largest absolute Gasteiger partial charge is 0.493 e. The molecule has 2 aliphatic rings. The highest BCUT2D eigenvalue weighted by molar-refractivity contribution is 9.10. The summed E-state index contributed by atoms with van der Waals surface area (Å²) in [6, 6.07) is 2.86. The van der Waals surface area contributed by atoms with Gasteiger partial charge in [0.2, 0.25) is 5.91 Å². The zero-order valence-corrected chi connectivity index (χ0v) is 17.8. The van der Waals surface area contributed by atoms with Crippen LogP contribution in [0.25, 0.3) is 0 Å². The second kappa shape index (κ2) is 7.93. The van der Waals surface area contributed by atoms with Crippen LogP contribution in [0.15, 0.2) is 32.9 Å². The Kier molecular flexibility index (Phi) is 5.81. The van der Waals surface area contributed by atoms with Gasteiger partial charge in [0.1, 0.15) is 0 Å². The van der Waals surface area contributed by atoms with Gasteiger partial charge in [-0.1, -0.05) is 27.7 Å². The quantitative estimate of drug-likeness (QED) is 0.635. The molecule has 0 aromatic heterocycles. The van der Waals surface area contributed by atoms with Crippen molar-refractivity contribution in [1.82, 2.24) is 4.90 Å². The Hall–Kier alpha value is -2.00. The number of hydrogen-bond donors (Lipinski definition) is 0. The second-order valence-corrected chi connectivity index (χ2v) is 7.59. The van der Waals surface area contributed by atoms with E-state index in [2.05, 4.69) is 20.9 Å². The van der Waals surface area contributed by atoms with Gasteiger partial charge in [-0.25, -0.2) is 9.79 Å². The van der Waals surface area contributed by atoms with E-state index in [0.717, 1.165) is 0 Å². The Balaban J connectivity index is 2.21. The van der Waals surface area contributed by atoms with E-state index in [-0.39, 0.29) is 18.3 Å². The van der Waals surface area contributed by atoms with Crippen molar-refractivity contribution in [2.45, 2.75) is 19.9 Å². The number of allylic oxidation sites excluding steroid dienone is 1. The molecule has 0 saturated carbocycles. The fourth-order valence-electron chi connectivity index (χ4n) is 3.09. The average molecular weight is 455 g/mol. The van der Waals surface area contributed by atoms with Gasteiger partial charge in [-0.2, -0.15) is 0 Å². The van der Waals surface area contributed by atoms with E-state index in [0.29, 0.717) is 38.0 Å². The van der Waals surface area contributed by atoms with Crippen LogP contribution in [0.2, 0.25) is 0 Å². The molecule has 0 bridgehead atoms. The third-order valence-electron chi connectivity index (χ3n) is 4.28. The zero-order valence-electron chi connectivity index (χ0n) is 15.4. The van der Waals surface area contributed by atoms with E-state index in [1.54, 1.807) is 38.0 Å². The molecule has 1 aromatic rings. The molecule has 1 fully saturated rings. The van der Waals surface area contributed by atoms with Crippen LogP contribution in [0.1, 0.15) is 25.5 Å². The Bertz CT molecular complexity index is 868. The van der Waals surface area contributed by atoms with Crippen LogP contribution >= 0.6 is 27.7 Å². The van der Waals surface area contributed by atoms with Crippen molar-refractivity contribution in [1.29, 1.82) is 0 Å². The molecule has 27 heavy (non-hydrogen) atoms. The number of halogens is 1. The molecule has 2 aliphatic heterocycles. The van der Waals surface area contributed by atoms with Gasteiger partial charge in [0, 0.05) is 4.47 Å². The van der Waals surface area contributed by atoms with E-state index in [9.17, 15) is 9.59 Å². The van der Waals surface area contributed by atoms with E-state index < -0.39 is 12.0 Å². The molecule has 0 aliphatic carbocycles. The summed E-state index contributed by atoms with van der Waals surface area (Å²) in [6.45, 7) is 3.72. The van der Waals surface area contributed by atoms with Crippen molar-refractivity contribution in [3.8, 4) is 11.5 Å². The molecule has 0 radical (unpaired) electrons.